The molecular formula is C25H29N5O3. The summed E-state index contributed by atoms with van der Waals surface area (Å²) in [4.78, 5) is 34.3. The second-order valence-electron chi connectivity index (χ2n) is 8.23. The van der Waals surface area contributed by atoms with E-state index in [0.717, 1.165) is 44.5 Å². The van der Waals surface area contributed by atoms with E-state index in [4.69, 9.17) is 11.2 Å². The highest BCUT2D eigenvalue weighted by atomic mass is 16.5. The molecule has 1 fully saturated rings. The monoisotopic (exact) mass is 447 g/mol. The molecule has 3 heterocycles. The summed E-state index contributed by atoms with van der Waals surface area (Å²) in [5.41, 5.74) is 2.39. The summed E-state index contributed by atoms with van der Waals surface area (Å²) in [5.74, 6) is 2.99. The van der Waals surface area contributed by atoms with Crippen molar-refractivity contribution >= 4 is 23.3 Å². The molecule has 8 heteroatoms. The van der Waals surface area contributed by atoms with Crippen LogP contribution in [-0.2, 0) is 4.74 Å². The van der Waals surface area contributed by atoms with Crippen LogP contribution in [0.15, 0.2) is 36.5 Å². The van der Waals surface area contributed by atoms with E-state index in [2.05, 4.69) is 21.5 Å². The van der Waals surface area contributed by atoms with Crippen molar-refractivity contribution in [3.63, 3.8) is 0 Å². The highest BCUT2D eigenvalue weighted by Crippen LogP contribution is 2.33. The van der Waals surface area contributed by atoms with Gasteiger partial charge in [-0.15, -0.1) is 6.42 Å². The summed E-state index contributed by atoms with van der Waals surface area (Å²) in [7, 11) is 1.66. The highest BCUT2D eigenvalue weighted by Gasteiger charge is 2.32. The second-order valence-corrected chi connectivity index (χ2v) is 8.23. The van der Waals surface area contributed by atoms with Crippen LogP contribution in [0.2, 0.25) is 0 Å². The van der Waals surface area contributed by atoms with Crippen LogP contribution in [0.5, 0.6) is 0 Å². The van der Waals surface area contributed by atoms with E-state index in [9.17, 15) is 9.59 Å². The first-order valence-corrected chi connectivity index (χ1v) is 11.3. The number of pyridine rings is 1. The normalized spacial score (nSPS) is 17.2. The van der Waals surface area contributed by atoms with Gasteiger partial charge in [-0.1, -0.05) is 12.0 Å². The Balaban J connectivity index is 1.53. The van der Waals surface area contributed by atoms with E-state index in [1.807, 2.05) is 15.9 Å². The zero-order valence-corrected chi connectivity index (χ0v) is 18.8. The molecule has 0 aliphatic carbocycles. The van der Waals surface area contributed by atoms with Crippen molar-refractivity contribution in [3.8, 4) is 12.3 Å². The number of nitrogens with one attached hydrogen (secondary N) is 2. The van der Waals surface area contributed by atoms with Gasteiger partial charge in [0.25, 0.3) is 11.8 Å². The van der Waals surface area contributed by atoms with Gasteiger partial charge in [0.05, 0.1) is 11.3 Å². The molecule has 2 amide bonds. The van der Waals surface area contributed by atoms with E-state index < -0.39 is 6.29 Å². The Bertz CT molecular complexity index is 1060. The lowest BCUT2D eigenvalue weighted by Crippen LogP contribution is -2.50. The molecule has 172 valence electrons. The summed E-state index contributed by atoms with van der Waals surface area (Å²) in [5, 5.41) is 6.33. The number of carbonyl (C=O) groups is 2. The Kier molecular flexibility index (Phi) is 7.10. The van der Waals surface area contributed by atoms with Gasteiger partial charge in [0.1, 0.15) is 0 Å². The maximum atomic E-state index is 12.9. The number of carbonyl (C=O) groups excluding carboxylic acids is 2. The fraction of sp³-hybridized carbons (Fsp3) is 0.400. The van der Waals surface area contributed by atoms with Gasteiger partial charge in [-0.05, 0) is 49.9 Å². The SMILES string of the molecule is C#Cc1cccc(C(=O)NC2Nc3cc(C(=O)N4CCCCC4)cnc3N2CCCOC)c1. The van der Waals surface area contributed by atoms with Gasteiger partial charge in [-0.2, -0.15) is 0 Å². The molecule has 0 radical (unpaired) electrons. The Hall–Kier alpha value is -3.57. The van der Waals surface area contributed by atoms with Gasteiger partial charge in [0, 0.05) is 50.7 Å². The number of anilines is 2. The maximum Gasteiger partial charge on any atom is 0.255 e. The van der Waals surface area contributed by atoms with Crippen LogP contribution in [0.3, 0.4) is 0 Å². The fourth-order valence-electron chi connectivity index (χ4n) is 4.22. The van der Waals surface area contributed by atoms with Crippen molar-refractivity contribution in [2.45, 2.75) is 32.0 Å². The Morgan fingerprint density at radius 1 is 1.24 bits per heavy atom. The molecule has 1 saturated heterocycles. The predicted octanol–water partition coefficient (Wildman–Crippen LogP) is 2.67. The maximum absolute atomic E-state index is 12.9. The summed E-state index contributed by atoms with van der Waals surface area (Å²) in [6, 6.07) is 8.77. The summed E-state index contributed by atoms with van der Waals surface area (Å²) in [6.07, 6.45) is 10.6. The molecule has 4 rings (SSSR count). The van der Waals surface area contributed by atoms with Crippen LogP contribution in [-0.4, -0.2) is 61.3 Å². The average Bonchev–Trinajstić information content (AvgIpc) is 3.20. The van der Waals surface area contributed by atoms with Crippen molar-refractivity contribution in [2.75, 3.05) is 43.6 Å². The number of likely N-dealkylation sites (tertiary alicyclic amines) is 1. The number of benzene rings is 1. The Labute approximate surface area is 194 Å². The third-order valence-corrected chi connectivity index (χ3v) is 5.94. The second kappa shape index (κ2) is 10.4. The number of fused-ring (bicyclic) bond motifs is 1. The van der Waals surface area contributed by atoms with Crippen LogP contribution >= 0.6 is 0 Å². The molecule has 1 aromatic heterocycles. The first-order chi connectivity index (χ1) is 16.1. The van der Waals surface area contributed by atoms with Crippen molar-refractivity contribution in [1.29, 1.82) is 0 Å². The summed E-state index contributed by atoms with van der Waals surface area (Å²) < 4.78 is 5.19. The van der Waals surface area contributed by atoms with Gasteiger partial charge in [-0.3, -0.25) is 9.59 Å². The summed E-state index contributed by atoms with van der Waals surface area (Å²) in [6.45, 7) is 2.77. The molecule has 2 aliphatic heterocycles. The van der Waals surface area contributed by atoms with E-state index in [1.54, 1.807) is 37.6 Å². The lowest BCUT2D eigenvalue weighted by molar-refractivity contribution is 0.0723. The molecule has 0 saturated carbocycles. The largest absolute Gasteiger partial charge is 0.385 e. The van der Waals surface area contributed by atoms with Crippen LogP contribution in [0.4, 0.5) is 11.5 Å². The van der Waals surface area contributed by atoms with Crippen molar-refractivity contribution in [1.82, 2.24) is 15.2 Å². The van der Waals surface area contributed by atoms with Crippen LogP contribution in [0.1, 0.15) is 52.0 Å². The number of piperidine rings is 1. The molecule has 2 aromatic rings. The fourth-order valence-corrected chi connectivity index (χ4v) is 4.22. The van der Waals surface area contributed by atoms with E-state index in [0.29, 0.717) is 35.7 Å². The van der Waals surface area contributed by atoms with Gasteiger partial charge < -0.3 is 25.2 Å². The molecule has 1 unspecified atom stereocenters. The molecule has 8 nitrogen and oxygen atoms in total. The first-order valence-electron chi connectivity index (χ1n) is 11.3. The van der Waals surface area contributed by atoms with Gasteiger partial charge in [0.15, 0.2) is 12.1 Å². The standard InChI is InChI=1S/C25H29N5O3/c1-3-18-9-7-10-19(15-18)23(31)28-25-27-21-16-20(24(32)29-11-5-4-6-12-29)17-26-22(21)30(25)13-8-14-33-2/h1,7,9-10,15-17,25,27H,4-6,8,11-14H2,2H3,(H,28,31). The van der Waals surface area contributed by atoms with Crippen molar-refractivity contribution in [3.05, 3.63) is 53.2 Å². The smallest absolute Gasteiger partial charge is 0.255 e. The third kappa shape index (κ3) is 5.10. The van der Waals surface area contributed by atoms with E-state index in [1.165, 1.54) is 0 Å². The third-order valence-electron chi connectivity index (χ3n) is 5.94. The molecule has 0 bridgehead atoms. The van der Waals surface area contributed by atoms with Crippen molar-refractivity contribution < 1.29 is 14.3 Å². The Morgan fingerprint density at radius 3 is 2.82 bits per heavy atom. The lowest BCUT2D eigenvalue weighted by atomic mass is 10.1. The molecule has 1 atom stereocenters. The number of methoxy groups -OCH3 is 1. The Morgan fingerprint density at radius 2 is 2.06 bits per heavy atom. The number of hydrogen-bond donors (Lipinski definition) is 2. The molecular weight excluding hydrogens is 418 g/mol. The number of aromatic nitrogens is 1. The number of rotatable bonds is 7. The molecule has 33 heavy (non-hydrogen) atoms. The van der Waals surface area contributed by atoms with Crippen LogP contribution in [0, 0.1) is 12.3 Å². The number of nitrogens with zero attached hydrogens (tertiary/aromatic N) is 3. The van der Waals surface area contributed by atoms with Gasteiger partial charge >= 0.3 is 0 Å². The predicted molar refractivity (Wildman–Crippen MR) is 127 cm³/mol. The molecule has 0 spiro atoms. The quantitative estimate of drug-likeness (QED) is 0.501. The minimum absolute atomic E-state index is 0.00341. The van der Waals surface area contributed by atoms with Crippen LogP contribution in [0.25, 0.3) is 0 Å². The molecule has 2 aliphatic rings. The highest BCUT2D eigenvalue weighted by molar-refractivity contribution is 5.97. The molecule has 1 aromatic carbocycles. The minimum atomic E-state index is -0.508. The minimum Gasteiger partial charge on any atom is -0.385 e. The zero-order chi connectivity index (χ0) is 23.2. The van der Waals surface area contributed by atoms with E-state index >= 15 is 0 Å². The average molecular weight is 448 g/mol. The van der Waals surface area contributed by atoms with Gasteiger partial charge in [-0.25, -0.2) is 4.98 Å². The number of hydrogen-bond acceptors (Lipinski definition) is 6. The lowest BCUT2D eigenvalue weighted by Gasteiger charge is -2.27. The van der Waals surface area contributed by atoms with Crippen LogP contribution < -0.4 is 15.5 Å². The zero-order valence-electron chi connectivity index (χ0n) is 18.8. The van der Waals surface area contributed by atoms with E-state index in [-0.39, 0.29) is 11.8 Å². The number of amides is 2. The number of terminal acetylenes is 1. The topological polar surface area (TPSA) is 86.8 Å². The van der Waals surface area contributed by atoms with Gasteiger partial charge in [0.2, 0.25) is 0 Å². The molecule has 2 N–H and O–H groups in total. The summed E-state index contributed by atoms with van der Waals surface area (Å²) >= 11 is 0. The first kappa shape index (κ1) is 22.6. The van der Waals surface area contributed by atoms with Crippen molar-refractivity contribution in [2.24, 2.45) is 0 Å². The number of ether oxygens (including phenoxy) is 1.